The maximum absolute atomic E-state index is 5.02. The number of pyridine rings is 2. The highest BCUT2D eigenvalue weighted by Gasteiger charge is 2.02. The Morgan fingerprint density at radius 1 is 1.36 bits per heavy atom. The molecule has 14 heavy (non-hydrogen) atoms. The van der Waals surface area contributed by atoms with Crippen LogP contribution in [0.3, 0.4) is 0 Å². The lowest BCUT2D eigenvalue weighted by Gasteiger charge is -2.05. The molecule has 72 valence electrons. The minimum atomic E-state index is 0.582. The summed E-state index contributed by atoms with van der Waals surface area (Å²) < 4.78 is 5.02. The number of hydrogen-bond acceptors (Lipinski definition) is 4. The summed E-state index contributed by atoms with van der Waals surface area (Å²) >= 11 is 0. The molecule has 0 aliphatic carbocycles. The molecule has 2 aromatic heterocycles. The summed E-state index contributed by atoms with van der Waals surface area (Å²) in [5, 5.41) is 4.08. The Bertz CT molecular complexity index is 456. The zero-order chi connectivity index (χ0) is 9.97. The molecule has 2 aromatic rings. The van der Waals surface area contributed by atoms with Crippen molar-refractivity contribution in [1.29, 1.82) is 0 Å². The van der Waals surface area contributed by atoms with Gasteiger partial charge in [0.2, 0.25) is 5.88 Å². The van der Waals surface area contributed by atoms with Gasteiger partial charge in [-0.2, -0.15) is 0 Å². The van der Waals surface area contributed by atoms with Crippen LogP contribution in [-0.2, 0) is 0 Å². The van der Waals surface area contributed by atoms with Gasteiger partial charge in [-0.3, -0.25) is 4.98 Å². The second-order valence-electron chi connectivity index (χ2n) is 2.85. The van der Waals surface area contributed by atoms with Gasteiger partial charge in [-0.15, -0.1) is 0 Å². The Morgan fingerprint density at radius 2 is 2.21 bits per heavy atom. The highest BCUT2D eigenvalue weighted by atomic mass is 16.5. The number of nitrogens with one attached hydrogen (secondary N) is 1. The molecule has 0 aliphatic rings. The van der Waals surface area contributed by atoms with Crippen LogP contribution in [0.4, 0.5) is 5.69 Å². The molecule has 0 saturated carbocycles. The van der Waals surface area contributed by atoms with Crippen molar-refractivity contribution in [3.8, 4) is 5.88 Å². The molecule has 0 fully saturated rings. The van der Waals surface area contributed by atoms with Crippen LogP contribution in [0.2, 0.25) is 0 Å². The van der Waals surface area contributed by atoms with Crippen LogP contribution in [0.15, 0.2) is 24.5 Å². The zero-order valence-electron chi connectivity index (χ0n) is 8.11. The molecular formula is C10H11N3O. The standard InChI is InChI=1S/C10H11N3O/c1-11-8-3-4-12-9-5-10(14-2)13-6-7(8)9/h3-6H,1-2H3,(H,11,12). The lowest BCUT2D eigenvalue weighted by atomic mass is 10.2. The van der Waals surface area contributed by atoms with Crippen molar-refractivity contribution in [2.24, 2.45) is 0 Å². The third-order valence-electron chi connectivity index (χ3n) is 2.08. The summed E-state index contributed by atoms with van der Waals surface area (Å²) in [4.78, 5) is 8.37. The molecule has 0 unspecified atom stereocenters. The molecule has 0 spiro atoms. The smallest absolute Gasteiger partial charge is 0.215 e. The van der Waals surface area contributed by atoms with Gasteiger partial charge in [0.1, 0.15) is 0 Å². The Labute approximate surface area is 81.9 Å². The van der Waals surface area contributed by atoms with Crippen LogP contribution in [0.25, 0.3) is 10.9 Å². The van der Waals surface area contributed by atoms with Gasteiger partial charge in [0.15, 0.2) is 0 Å². The highest BCUT2D eigenvalue weighted by molar-refractivity contribution is 5.90. The first-order valence-electron chi connectivity index (χ1n) is 4.31. The van der Waals surface area contributed by atoms with Crippen LogP contribution < -0.4 is 10.1 Å². The van der Waals surface area contributed by atoms with Crippen LogP contribution in [0.1, 0.15) is 0 Å². The van der Waals surface area contributed by atoms with Gasteiger partial charge in [0.25, 0.3) is 0 Å². The molecule has 0 bridgehead atoms. The number of rotatable bonds is 2. The number of fused-ring (bicyclic) bond motifs is 1. The van der Waals surface area contributed by atoms with Gasteiger partial charge >= 0.3 is 0 Å². The van der Waals surface area contributed by atoms with E-state index in [2.05, 4.69) is 15.3 Å². The Balaban J connectivity index is 2.67. The van der Waals surface area contributed by atoms with E-state index in [1.165, 1.54) is 0 Å². The fourth-order valence-corrected chi connectivity index (χ4v) is 1.35. The lowest BCUT2D eigenvalue weighted by molar-refractivity contribution is 0.398. The second kappa shape index (κ2) is 3.49. The quantitative estimate of drug-likeness (QED) is 0.780. The van der Waals surface area contributed by atoms with Crippen LogP contribution >= 0.6 is 0 Å². The number of ether oxygens (including phenoxy) is 1. The number of nitrogens with zero attached hydrogens (tertiary/aromatic N) is 2. The van der Waals surface area contributed by atoms with Crippen molar-refractivity contribution >= 4 is 16.6 Å². The first-order chi connectivity index (χ1) is 6.85. The van der Waals surface area contributed by atoms with Crippen molar-refractivity contribution in [3.63, 3.8) is 0 Å². The Hall–Kier alpha value is -1.84. The summed E-state index contributed by atoms with van der Waals surface area (Å²) in [5.41, 5.74) is 1.90. The van der Waals surface area contributed by atoms with Gasteiger partial charge in [-0.05, 0) is 6.07 Å². The maximum atomic E-state index is 5.02. The summed E-state index contributed by atoms with van der Waals surface area (Å²) in [6, 6.07) is 3.73. The average Bonchev–Trinajstić information content (AvgIpc) is 2.27. The molecule has 0 aliphatic heterocycles. The van der Waals surface area contributed by atoms with E-state index in [1.54, 1.807) is 19.5 Å². The van der Waals surface area contributed by atoms with E-state index in [-0.39, 0.29) is 0 Å². The van der Waals surface area contributed by atoms with E-state index >= 15 is 0 Å². The van der Waals surface area contributed by atoms with E-state index in [0.29, 0.717) is 5.88 Å². The molecule has 0 saturated heterocycles. The van der Waals surface area contributed by atoms with E-state index in [9.17, 15) is 0 Å². The van der Waals surface area contributed by atoms with Crippen molar-refractivity contribution in [3.05, 3.63) is 24.5 Å². The number of aromatic nitrogens is 2. The normalized spacial score (nSPS) is 10.1. The molecule has 2 rings (SSSR count). The molecular weight excluding hydrogens is 178 g/mol. The lowest BCUT2D eigenvalue weighted by Crippen LogP contribution is -1.93. The molecule has 0 aromatic carbocycles. The van der Waals surface area contributed by atoms with Gasteiger partial charge in [0, 0.05) is 36.6 Å². The fourth-order valence-electron chi connectivity index (χ4n) is 1.35. The summed E-state index contributed by atoms with van der Waals surface area (Å²) in [5.74, 6) is 0.582. The molecule has 1 N–H and O–H groups in total. The first kappa shape index (κ1) is 8.74. The van der Waals surface area contributed by atoms with Crippen LogP contribution in [0, 0.1) is 0 Å². The Kier molecular flexibility index (Phi) is 2.18. The van der Waals surface area contributed by atoms with E-state index in [0.717, 1.165) is 16.6 Å². The molecule has 0 atom stereocenters. The maximum Gasteiger partial charge on any atom is 0.215 e. The molecule has 0 radical (unpaired) electrons. The van der Waals surface area contributed by atoms with E-state index in [1.807, 2.05) is 19.2 Å². The largest absolute Gasteiger partial charge is 0.481 e. The molecule has 4 heteroatoms. The van der Waals surface area contributed by atoms with Gasteiger partial charge in [-0.1, -0.05) is 0 Å². The molecule has 0 amide bonds. The highest BCUT2D eigenvalue weighted by Crippen LogP contribution is 2.22. The summed E-state index contributed by atoms with van der Waals surface area (Å²) in [6.45, 7) is 0. The Morgan fingerprint density at radius 3 is 2.93 bits per heavy atom. The first-order valence-corrected chi connectivity index (χ1v) is 4.31. The van der Waals surface area contributed by atoms with Crippen molar-refractivity contribution in [2.75, 3.05) is 19.5 Å². The topological polar surface area (TPSA) is 47.0 Å². The third kappa shape index (κ3) is 1.35. The number of hydrogen-bond donors (Lipinski definition) is 1. The minimum absolute atomic E-state index is 0.582. The average molecular weight is 189 g/mol. The third-order valence-corrected chi connectivity index (χ3v) is 2.08. The molecule has 4 nitrogen and oxygen atoms in total. The van der Waals surface area contributed by atoms with Crippen molar-refractivity contribution < 1.29 is 4.74 Å². The zero-order valence-corrected chi connectivity index (χ0v) is 8.11. The van der Waals surface area contributed by atoms with E-state index in [4.69, 9.17) is 4.74 Å². The van der Waals surface area contributed by atoms with Gasteiger partial charge in [0.05, 0.1) is 12.6 Å². The fraction of sp³-hybridized carbons (Fsp3) is 0.200. The van der Waals surface area contributed by atoms with E-state index < -0.39 is 0 Å². The number of anilines is 1. The summed E-state index contributed by atoms with van der Waals surface area (Å²) in [7, 11) is 3.47. The predicted octanol–water partition coefficient (Wildman–Crippen LogP) is 1.68. The molecule has 2 heterocycles. The monoisotopic (exact) mass is 189 g/mol. The SMILES string of the molecule is CNc1ccnc2cc(OC)ncc12. The van der Waals surface area contributed by atoms with Crippen molar-refractivity contribution in [1.82, 2.24) is 9.97 Å². The van der Waals surface area contributed by atoms with Gasteiger partial charge < -0.3 is 10.1 Å². The van der Waals surface area contributed by atoms with Gasteiger partial charge in [-0.25, -0.2) is 4.98 Å². The van der Waals surface area contributed by atoms with Crippen molar-refractivity contribution in [2.45, 2.75) is 0 Å². The second-order valence-corrected chi connectivity index (χ2v) is 2.85. The van der Waals surface area contributed by atoms with Crippen LogP contribution in [-0.4, -0.2) is 24.1 Å². The van der Waals surface area contributed by atoms with Crippen LogP contribution in [0.5, 0.6) is 5.88 Å². The number of methoxy groups -OCH3 is 1. The summed E-state index contributed by atoms with van der Waals surface area (Å²) in [6.07, 6.45) is 3.51. The predicted molar refractivity (Wildman–Crippen MR) is 55.6 cm³/mol. The minimum Gasteiger partial charge on any atom is -0.481 e.